The molecule has 0 N–H and O–H groups in total. The molecule has 8 aromatic rings. The van der Waals surface area contributed by atoms with Gasteiger partial charge in [0, 0.05) is 57.0 Å². The molecule has 1 spiro atoms. The van der Waals surface area contributed by atoms with Crippen molar-refractivity contribution in [1.82, 2.24) is 9.97 Å². The third-order valence-corrected chi connectivity index (χ3v) is 12.5. The zero-order valence-electron chi connectivity index (χ0n) is 43.3. The first-order valence-electron chi connectivity index (χ1n) is 25.3. The molecule has 2 aliphatic rings. The van der Waals surface area contributed by atoms with Gasteiger partial charge in [-0.3, -0.25) is 0 Å². The van der Waals surface area contributed by atoms with Crippen LogP contribution in [0, 0.1) is 38.1 Å². The molecule has 10 rings (SSSR count). The summed E-state index contributed by atoms with van der Waals surface area (Å²) >= 11 is 0. The van der Waals surface area contributed by atoms with Crippen molar-refractivity contribution < 1.29 is 38.2 Å². The Bertz CT molecular complexity index is 3060. The molecule has 0 amide bonds. The third kappa shape index (κ3) is 7.67. The third-order valence-electron chi connectivity index (χ3n) is 12.5. The summed E-state index contributed by atoms with van der Waals surface area (Å²) in [6.07, 6.45) is 12.4. The molecule has 3 nitrogen and oxygen atoms in total. The number of aromatic nitrogens is 2. The van der Waals surface area contributed by atoms with E-state index in [9.17, 15) is 1.37 Å². The molecule has 3 heterocycles. The van der Waals surface area contributed by atoms with Crippen molar-refractivity contribution in [3.8, 4) is 22.5 Å². The van der Waals surface area contributed by atoms with E-state index in [0.29, 0.717) is 57.2 Å². The predicted molar refractivity (Wildman–Crippen MR) is 239 cm³/mol. The Morgan fingerprint density at radius 3 is 2.21 bits per heavy atom. The van der Waals surface area contributed by atoms with Gasteiger partial charge in [0.2, 0.25) is 0 Å². The number of furan rings is 1. The maximum Gasteiger partial charge on any atom is 0.129 e. The van der Waals surface area contributed by atoms with Crippen LogP contribution in [0.25, 0.3) is 66.0 Å². The van der Waals surface area contributed by atoms with E-state index in [4.69, 9.17) is 16.8 Å². The van der Waals surface area contributed by atoms with E-state index in [1.165, 1.54) is 56.0 Å². The van der Waals surface area contributed by atoms with Gasteiger partial charge in [0.25, 0.3) is 0 Å². The van der Waals surface area contributed by atoms with E-state index < -0.39 is 26.4 Å². The van der Waals surface area contributed by atoms with Crippen LogP contribution in [0.2, 0.25) is 0 Å². The number of hydrogen-bond acceptors (Lipinski definition) is 3. The summed E-state index contributed by atoms with van der Waals surface area (Å²) in [5, 5.41) is 5.08. The van der Waals surface area contributed by atoms with Gasteiger partial charge in [0.05, 0.1) is 5.58 Å². The molecule has 4 heteroatoms. The molecular weight excluding hydrogens is 885 g/mol. The van der Waals surface area contributed by atoms with Crippen LogP contribution in [-0.2, 0) is 25.5 Å². The topological polar surface area (TPSA) is 38.9 Å². The minimum Gasteiger partial charge on any atom is -0.500 e. The van der Waals surface area contributed by atoms with E-state index in [1.54, 1.807) is 18.2 Å². The van der Waals surface area contributed by atoms with Crippen LogP contribution in [0.4, 0.5) is 0 Å². The first kappa shape index (κ1) is 29.6. The predicted octanol–water partition coefficient (Wildman–Crippen LogP) is 15.1. The van der Waals surface area contributed by atoms with E-state index in [-0.39, 0.29) is 42.1 Å². The largest absolute Gasteiger partial charge is 0.500 e. The molecule has 0 bridgehead atoms. The first-order valence-corrected chi connectivity index (χ1v) is 20.3. The van der Waals surface area contributed by atoms with Crippen LogP contribution in [0.5, 0.6) is 0 Å². The van der Waals surface area contributed by atoms with Gasteiger partial charge in [0.1, 0.15) is 5.58 Å². The molecule has 1 radical (unpaired) electrons. The molecule has 2 saturated carbocycles. The second-order valence-electron chi connectivity index (χ2n) is 17.2. The Labute approximate surface area is 372 Å². The number of fused-ring (bicyclic) bond motifs is 7. The van der Waals surface area contributed by atoms with Crippen molar-refractivity contribution in [2.24, 2.45) is 5.41 Å². The summed E-state index contributed by atoms with van der Waals surface area (Å²) in [6.45, 7) is -0.524. The molecule has 0 atom stereocenters. The summed E-state index contributed by atoms with van der Waals surface area (Å²) in [5.41, 5.74) is 5.94. The molecule has 0 unspecified atom stereocenters. The molecule has 2 aliphatic carbocycles. The Morgan fingerprint density at radius 1 is 0.707 bits per heavy atom. The molecule has 5 aromatic carbocycles. The summed E-state index contributed by atoms with van der Waals surface area (Å²) in [5.74, 6) is -1.06. The summed E-state index contributed by atoms with van der Waals surface area (Å²) in [7, 11) is 0. The van der Waals surface area contributed by atoms with Gasteiger partial charge in [-0.15, -0.1) is 53.1 Å². The quantitative estimate of drug-likeness (QED) is 0.131. The van der Waals surface area contributed by atoms with Crippen molar-refractivity contribution in [2.45, 2.75) is 110 Å². The van der Waals surface area contributed by atoms with Crippen LogP contribution < -0.4 is 0 Å². The summed E-state index contributed by atoms with van der Waals surface area (Å²) < 4.78 is 88.6. The van der Waals surface area contributed by atoms with Gasteiger partial charge in [-0.05, 0) is 106 Å². The Hall–Kier alpha value is -4.63. The van der Waals surface area contributed by atoms with Gasteiger partial charge < -0.3 is 14.4 Å². The molecule has 0 saturated heterocycles. The average Bonchev–Trinajstić information content (AvgIpc) is 3.69. The smallest absolute Gasteiger partial charge is 0.129 e. The van der Waals surface area contributed by atoms with Crippen LogP contribution in [0.1, 0.15) is 126 Å². The second-order valence-corrected chi connectivity index (χ2v) is 17.2. The van der Waals surface area contributed by atoms with Crippen molar-refractivity contribution in [3.05, 3.63) is 143 Å². The van der Waals surface area contributed by atoms with Crippen molar-refractivity contribution in [1.29, 1.82) is 0 Å². The average molecular weight is 949 g/mol. The monoisotopic (exact) mass is 949 g/mol. The normalized spacial score (nSPS) is 19.5. The molecule has 3 aromatic heterocycles. The minimum absolute atomic E-state index is 0. The van der Waals surface area contributed by atoms with Gasteiger partial charge in [0.15, 0.2) is 0 Å². The number of rotatable bonds is 3. The van der Waals surface area contributed by atoms with Crippen molar-refractivity contribution in [3.63, 3.8) is 0 Å². The first-order chi connectivity index (χ1) is 31.5. The van der Waals surface area contributed by atoms with E-state index in [0.717, 1.165) is 45.6 Å². The van der Waals surface area contributed by atoms with Crippen LogP contribution in [0.15, 0.2) is 108 Å². The number of pyridine rings is 2. The van der Waals surface area contributed by atoms with Crippen LogP contribution >= 0.6 is 0 Å². The fraction of sp³-hybridized carbons (Fsp3) is 0.333. The van der Waals surface area contributed by atoms with Gasteiger partial charge in [-0.25, -0.2) is 0 Å². The van der Waals surface area contributed by atoms with E-state index in [2.05, 4.69) is 48.9 Å². The molecule has 2 fully saturated rings. The van der Waals surface area contributed by atoms with Gasteiger partial charge >= 0.3 is 0 Å². The van der Waals surface area contributed by atoms with Crippen LogP contribution in [-0.4, -0.2) is 9.97 Å². The molecule has 58 heavy (non-hydrogen) atoms. The summed E-state index contributed by atoms with van der Waals surface area (Å²) in [6, 6.07) is 34.3. The SMILES string of the molecule is [2H]C([2H])([2H])c1c[c-]c(-c2ccc(C(C)(C)C)cn2)cc1.[2H]C([2H])([2H])c1cnc(-c2[c-]cc(C([2H])([2H])[2H])c3c2oc2c3ccc3ccc4ccccc4c32)cc1C1([2H])CCC2(CCCCC2)CC1.[Ir]. The Morgan fingerprint density at radius 2 is 1.48 bits per heavy atom. The fourth-order valence-corrected chi connectivity index (χ4v) is 9.18. The van der Waals surface area contributed by atoms with Gasteiger partial charge in [-0.2, -0.15) is 0 Å². The molecule has 0 aliphatic heterocycles. The number of aryl methyl sites for hydroxylation is 3. The van der Waals surface area contributed by atoms with Crippen molar-refractivity contribution >= 4 is 43.5 Å². The van der Waals surface area contributed by atoms with Crippen LogP contribution in [0.3, 0.4) is 0 Å². The fourth-order valence-electron chi connectivity index (χ4n) is 9.18. The molecular formula is C54H54IrN2O-2. The molecule has 297 valence electrons. The maximum absolute atomic E-state index is 9.69. The minimum atomic E-state index is -2.43. The maximum atomic E-state index is 9.69. The summed E-state index contributed by atoms with van der Waals surface area (Å²) in [4.78, 5) is 9.07. The van der Waals surface area contributed by atoms with Gasteiger partial charge in [-0.1, -0.05) is 131 Å². The van der Waals surface area contributed by atoms with Crippen molar-refractivity contribution in [2.75, 3.05) is 0 Å². The second kappa shape index (κ2) is 16.2. The Balaban J connectivity index is 0.000000251. The van der Waals surface area contributed by atoms with E-state index in [1.807, 2.05) is 60.8 Å². The van der Waals surface area contributed by atoms with E-state index >= 15 is 0 Å². The Kier molecular flexibility index (Phi) is 8.25. The number of hydrogen-bond donors (Lipinski definition) is 0. The number of benzene rings is 5. The zero-order chi connectivity index (χ0) is 47.7. The number of nitrogens with zero attached hydrogens (tertiary/aromatic N) is 2. The standard InChI is InChI=1S/C38H36NO.C16H18N.Ir/c1-24-10-14-30(33-22-32(25(2)23-39-33)27-16-20-38(21-17-27)18-6-3-7-19-38)36-34(24)31-15-13-28-12-11-26-8-4-5-9-29(26)35(28)37(31)40-36;1-12-5-7-13(8-6-12)15-10-9-14(11-17-15)16(2,3)4;/h4-5,8-13,15,22-23,27H,3,6-7,16-21H2,1-2H3;5-7,9-11H,1-4H3;/q2*-1;/i1D3,2D3,27D;1D3;. The zero-order valence-corrected chi connectivity index (χ0v) is 35.7.